The number of nitrogens with zero attached hydrogens (tertiary/aromatic N) is 2. The zero-order valence-corrected chi connectivity index (χ0v) is 13.0. The standard InChI is InChI=1S/C16H19N3O4/c1-11-9-17-19(10-11)13-5-3-12(4-6-13)15(20)18-14(16(21)22)7-8-23-2/h3-6,9-10,14H,7-8H2,1-2H3,(H,18,20)(H,21,22). The monoisotopic (exact) mass is 317 g/mol. The largest absolute Gasteiger partial charge is 0.480 e. The average molecular weight is 317 g/mol. The number of aryl methyl sites for hydroxylation is 1. The molecule has 1 heterocycles. The summed E-state index contributed by atoms with van der Waals surface area (Å²) in [7, 11) is 1.48. The van der Waals surface area contributed by atoms with Crippen LogP contribution in [0.2, 0.25) is 0 Å². The van der Waals surface area contributed by atoms with Crippen molar-refractivity contribution in [1.29, 1.82) is 0 Å². The van der Waals surface area contributed by atoms with Crippen molar-refractivity contribution >= 4 is 11.9 Å². The number of carbonyl (C=O) groups is 2. The lowest BCUT2D eigenvalue weighted by molar-refractivity contribution is -0.139. The molecule has 1 unspecified atom stereocenters. The molecule has 7 nitrogen and oxygen atoms in total. The number of hydrogen-bond acceptors (Lipinski definition) is 4. The van der Waals surface area contributed by atoms with Crippen LogP contribution in [0.4, 0.5) is 0 Å². The Kier molecular flexibility index (Phi) is 5.48. The van der Waals surface area contributed by atoms with E-state index in [9.17, 15) is 9.59 Å². The summed E-state index contributed by atoms with van der Waals surface area (Å²) in [5.74, 6) is -1.52. The van der Waals surface area contributed by atoms with E-state index in [-0.39, 0.29) is 13.0 Å². The minimum absolute atomic E-state index is 0.211. The number of ether oxygens (including phenoxy) is 1. The van der Waals surface area contributed by atoms with Crippen LogP contribution in [-0.2, 0) is 9.53 Å². The number of benzene rings is 1. The Labute approximate surface area is 133 Å². The smallest absolute Gasteiger partial charge is 0.326 e. The zero-order valence-electron chi connectivity index (χ0n) is 13.0. The van der Waals surface area contributed by atoms with Crippen LogP contribution in [0.15, 0.2) is 36.7 Å². The molecule has 7 heteroatoms. The van der Waals surface area contributed by atoms with E-state index < -0.39 is 17.9 Å². The topological polar surface area (TPSA) is 93.5 Å². The maximum Gasteiger partial charge on any atom is 0.326 e. The second kappa shape index (κ2) is 7.55. The molecule has 0 spiro atoms. The van der Waals surface area contributed by atoms with Crippen LogP contribution in [0.5, 0.6) is 0 Å². The molecule has 0 aliphatic carbocycles. The van der Waals surface area contributed by atoms with Gasteiger partial charge in [0, 0.05) is 31.9 Å². The van der Waals surface area contributed by atoms with E-state index >= 15 is 0 Å². The molecule has 23 heavy (non-hydrogen) atoms. The van der Waals surface area contributed by atoms with Gasteiger partial charge in [-0.05, 0) is 36.8 Å². The van der Waals surface area contributed by atoms with Gasteiger partial charge in [-0.2, -0.15) is 5.10 Å². The van der Waals surface area contributed by atoms with Crippen LogP contribution < -0.4 is 5.32 Å². The van der Waals surface area contributed by atoms with Crippen molar-refractivity contribution in [2.75, 3.05) is 13.7 Å². The van der Waals surface area contributed by atoms with Gasteiger partial charge in [-0.1, -0.05) is 0 Å². The summed E-state index contributed by atoms with van der Waals surface area (Å²) >= 11 is 0. The molecule has 1 aromatic carbocycles. The molecular weight excluding hydrogens is 298 g/mol. The number of rotatable bonds is 7. The second-order valence-corrected chi connectivity index (χ2v) is 5.15. The molecule has 0 aliphatic rings. The van der Waals surface area contributed by atoms with Crippen LogP contribution in [0.25, 0.3) is 5.69 Å². The summed E-state index contributed by atoms with van der Waals surface area (Å²) in [6.45, 7) is 2.20. The fourth-order valence-electron chi connectivity index (χ4n) is 2.05. The van der Waals surface area contributed by atoms with Crippen LogP contribution in [-0.4, -0.2) is 46.5 Å². The summed E-state index contributed by atoms with van der Waals surface area (Å²) < 4.78 is 6.56. The Balaban J connectivity index is 2.06. The van der Waals surface area contributed by atoms with E-state index in [0.29, 0.717) is 5.56 Å². The van der Waals surface area contributed by atoms with Crippen molar-refractivity contribution in [3.8, 4) is 5.69 Å². The number of hydrogen-bond donors (Lipinski definition) is 2. The Morgan fingerprint density at radius 3 is 2.57 bits per heavy atom. The highest BCUT2D eigenvalue weighted by Crippen LogP contribution is 2.10. The van der Waals surface area contributed by atoms with Crippen LogP contribution in [0, 0.1) is 6.92 Å². The predicted octanol–water partition coefficient (Wildman–Crippen LogP) is 1.40. The summed E-state index contributed by atoms with van der Waals surface area (Å²) in [4.78, 5) is 23.3. The molecule has 0 fully saturated rings. The van der Waals surface area contributed by atoms with E-state index in [4.69, 9.17) is 9.84 Å². The zero-order chi connectivity index (χ0) is 16.8. The van der Waals surface area contributed by atoms with E-state index in [1.54, 1.807) is 35.1 Å². The predicted molar refractivity (Wildman–Crippen MR) is 83.7 cm³/mol. The fraction of sp³-hybridized carbons (Fsp3) is 0.312. The summed E-state index contributed by atoms with van der Waals surface area (Å²) in [6, 6.07) is 5.81. The third-order valence-electron chi connectivity index (χ3n) is 3.32. The first-order valence-corrected chi connectivity index (χ1v) is 7.15. The van der Waals surface area contributed by atoms with Gasteiger partial charge in [-0.3, -0.25) is 4.79 Å². The van der Waals surface area contributed by atoms with Gasteiger partial charge in [-0.15, -0.1) is 0 Å². The number of amides is 1. The third kappa shape index (κ3) is 4.40. The Bertz CT molecular complexity index is 679. The Morgan fingerprint density at radius 1 is 1.35 bits per heavy atom. The number of carboxylic acid groups (broad SMARTS) is 1. The third-order valence-corrected chi connectivity index (χ3v) is 3.32. The summed E-state index contributed by atoms with van der Waals surface area (Å²) in [6.07, 6.45) is 3.83. The van der Waals surface area contributed by atoms with E-state index in [0.717, 1.165) is 11.3 Å². The molecule has 2 N–H and O–H groups in total. The molecule has 1 aromatic heterocycles. The molecule has 0 radical (unpaired) electrons. The quantitative estimate of drug-likeness (QED) is 0.805. The lowest BCUT2D eigenvalue weighted by atomic mass is 10.1. The lowest BCUT2D eigenvalue weighted by Crippen LogP contribution is -2.41. The average Bonchev–Trinajstić information content (AvgIpc) is 2.97. The highest BCUT2D eigenvalue weighted by molar-refractivity contribution is 5.96. The number of carboxylic acids is 1. The maximum atomic E-state index is 12.1. The van der Waals surface area contributed by atoms with Crippen molar-refractivity contribution in [3.63, 3.8) is 0 Å². The minimum atomic E-state index is -1.08. The van der Waals surface area contributed by atoms with E-state index in [1.807, 2.05) is 13.1 Å². The van der Waals surface area contributed by atoms with Gasteiger partial charge >= 0.3 is 5.97 Å². The SMILES string of the molecule is COCCC(NC(=O)c1ccc(-n2cc(C)cn2)cc1)C(=O)O. The van der Waals surface area contributed by atoms with Crippen LogP contribution in [0.1, 0.15) is 22.3 Å². The molecule has 122 valence electrons. The van der Waals surface area contributed by atoms with Gasteiger partial charge in [0.2, 0.25) is 0 Å². The van der Waals surface area contributed by atoms with Gasteiger partial charge < -0.3 is 15.2 Å². The molecule has 0 saturated heterocycles. The molecule has 0 bridgehead atoms. The molecule has 1 amide bonds. The Morgan fingerprint density at radius 2 is 2.04 bits per heavy atom. The molecule has 2 rings (SSSR count). The van der Waals surface area contributed by atoms with E-state index in [2.05, 4.69) is 10.4 Å². The fourth-order valence-corrected chi connectivity index (χ4v) is 2.05. The molecule has 1 atom stereocenters. The van der Waals surface area contributed by atoms with Crippen molar-refractivity contribution < 1.29 is 19.4 Å². The van der Waals surface area contributed by atoms with Gasteiger partial charge in [0.05, 0.1) is 11.9 Å². The molecule has 0 aliphatic heterocycles. The molecule has 2 aromatic rings. The number of aromatic nitrogens is 2. The maximum absolute atomic E-state index is 12.1. The lowest BCUT2D eigenvalue weighted by Gasteiger charge is -2.14. The second-order valence-electron chi connectivity index (χ2n) is 5.15. The minimum Gasteiger partial charge on any atom is -0.480 e. The number of methoxy groups -OCH3 is 1. The number of aliphatic carboxylic acids is 1. The van der Waals surface area contributed by atoms with Gasteiger partial charge in [0.15, 0.2) is 0 Å². The van der Waals surface area contributed by atoms with Crippen LogP contribution in [0.3, 0.4) is 0 Å². The molecule has 0 saturated carbocycles. The first kappa shape index (κ1) is 16.7. The Hall–Kier alpha value is -2.67. The number of carbonyl (C=O) groups excluding carboxylic acids is 1. The first-order chi connectivity index (χ1) is 11.0. The van der Waals surface area contributed by atoms with Gasteiger partial charge in [0.25, 0.3) is 5.91 Å². The highest BCUT2D eigenvalue weighted by atomic mass is 16.5. The van der Waals surface area contributed by atoms with E-state index in [1.165, 1.54) is 7.11 Å². The van der Waals surface area contributed by atoms with Gasteiger partial charge in [-0.25, -0.2) is 9.48 Å². The molecular formula is C16H19N3O4. The van der Waals surface area contributed by atoms with Crippen molar-refractivity contribution in [1.82, 2.24) is 15.1 Å². The van der Waals surface area contributed by atoms with Crippen molar-refractivity contribution in [2.45, 2.75) is 19.4 Å². The van der Waals surface area contributed by atoms with Gasteiger partial charge in [0.1, 0.15) is 6.04 Å². The number of nitrogens with one attached hydrogen (secondary N) is 1. The van der Waals surface area contributed by atoms with Crippen molar-refractivity contribution in [2.24, 2.45) is 0 Å². The summed E-state index contributed by atoms with van der Waals surface area (Å²) in [5.41, 5.74) is 2.25. The summed E-state index contributed by atoms with van der Waals surface area (Å²) in [5, 5.41) is 15.8. The first-order valence-electron chi connectivity index (χ1n) is 7.15. The highest BCUT2D eigenvalue weighted by Gasteiger charge is 2.20. The van der Waals surface area contributed by atoms with Crippen molar-refractivity contribution in [3.05, 3.63) is 47.8 Å². The normalized spacial score (nSPS) is 11.9. The van der Waals surface area contributed by atoms with Crippen LogP contribution >= 0.6 is 0 Å².